The Morgan fingerprint density at radius 2 is 2.13 bits per heavy atom. The number of nitrogens with zero attached hydrogens (tertiary/aromatic N) is 4. The molecule has 0 saturated carbocycles. The van der Waals surface area contributed by atoms with E-state index < -0.39 is 0 Å². The lowest BCUT2D eigenvalue weighted by Crippen LogP contribution is -2.41. The predicted octanol–water partition coefficient (Wildman–Crippen LogP) is 2.04. The fraction of sp³-hybridized carbons (Fsp3) is 0.312. The molecule has 0 aliphatic carbocycles. The molecule has 1 aromatic carbocycles. The Morgan fingerprint density at radius 1 is 1.30 bits per heavy atom. The maximum Gasteiger partial charge on any atom is 0.275 e. The zero-order valence-corrected chi connectivity index (χ0v) is 13.5. The third-order valence-corrected chi connectivity index (χ3v) is 4.78. The minimum Gasteiger partial charge on any atom is -0.375 e. The molecule has 0 radical (unpaired) electrons. The van der Waals surface area contributed by atoms with Gasteiger partial charge in [0.1, 0.15) is 0 Å². The highest BCUT2D eigenvalue weighted by Crippen LogP contribution is 2.25. The normalized spacial score (nSPS) is 18.5. The molecule has 1 unspecified atom stereocenters. The number of rotatable bonds is 2. The van der Waals surface area contributed by atoms with Crippen molar-refractivity contribution in [1.82, 2.24) is 14.6 Å². The van der Waals surface area contributed by atoms with Crippen LogP contribution in [0.15, 0.2) is 41.2 Å². The molecule has 1 aliphatic rings. The maximum atomic E-state index is 12.4. The average molecular weight is 328 g/mol. The van der Waals surface area contributed by atoms with Gasteiger partial charge in [-0.1, -0.05) is 41.7 Å². The summed E-state index contributed by atoms with van der Waals surface area (Å²) in [6.45, 7) is 4.27. The van der Waals surface area contributed by atoms with Crippen molar-refractivity contribution in [2.24, 2.45) is 0 Å². The summed E-state index contributed by atoms with van der Waals surface area (Å²) < 4.78 is 6.94. The summed E-state index contributed by atoms with van der Waals surface area (Å²) in [5.41, 5.74) is 1.46. The molecule has 118 valence electrons. The molecular weight excluding hydrogens is 312 g/mol. The molecule has 1 atom stereocenters. The van der Waals surface area contributed by atoms with E-state index in [1.54, 1.807) is 0 Å². The number of benzene rings is 1. The number of morpholine rings is 1. The highest BCUT2D eigenvalue weighted by Gasteiger charge is 2.21. The molecule has 1 fully saturated rings. The van der Waals surface area contributed by atoms with Gasteiger partial charge in [-0.15, -0.1) is 5.10 Å². The number of anilines is 1. The van der Waals surface area contributed by atoms with E-state index in [4.69, 9.17) is 4.74 Å². The topological polar surface area (TPSA) is 59.7 Å². The second-order valence-electron chi connectivity index (χ2n) is 5.55. The smallest absolute Gasteiger partial charge is 0.275 e. The molecule has 6 nitrogen and oxygen atoms in total. The Bertz CT molecular complexity index is 890. The SMILES string of the molecule is CC1CN(c2nn3c(=O)cc(-c4ccccc4)nc3s2)CCO1. The Balaban J connectivity index is 1.77. The first kappa shape index (κ1) is 14.3. The van der Waals surface area contributed by atoms with Crippen LogP contribution in [0.3, 0.4) is 0 Å². The Morgan fingerprint density at radius 3 is 2.91 bits per heavy atom. The van der Waals surface area contributed by atoms with Crippen LogP contribution in [0, 0.1) is 0 Å². The second kappa shape index (κ2) is 5.75. The largest absolute Gasteiger partial charge is 0.375 e. The molecule has 0 bridgehead atoms. The minimum absolute atomic E-state index is 0.155. The lowest BCUT2D eigenvalue weighted by Gasteiger charge is -2.30. The number of ether oxygens (including phenoxy) is 1. The Labute approximate surface area is 137 Å². The average Bonchev–Trinajstić information content (AvgIpc) is 3.00. The van der Waals surface area contributed by atoms with E-state index in [1.807, 2.05) is 37.3 Å². The highest BCUT2D eigenvalue weighted by molar-refractivity contribution is 7.20. The molecule has 3 heterocycles. The summed E-state index contributed by atoms with van der Waals surface area (Å²) in [5, 5.41) is 5.25. The summed E-state index contributed by atoms with van der Waals surface area (Å²) in [7, 11) is 0. The number of aromatic nitrogens is 3. The lowest BCUT2D eigenvalue weighted by molar-refractivity contribution is 0.0531. The van der Waals surface area contributed by atoms with Crippen LogP contribution in [-0.2, 0) is 4.74 Å². The van der Waals surface area contributed by atoms with Crippen LogP contribution in [0.1, 0.15) is 6.92 Å². The molecule has 4 rings (SSSR count). The Hall–Kier alpha value is -2.25. The van der Waals surface area contributed by atoms with Crippen molar-refractivity contribution in [3.63, 3.8) is 0 Å². The van der Waals surface area contributed by atoms with Gasteiger partial charge in [0.05, 0.1) is 18.4 Å². The van der Waals surface area contributed by atoms with Crippen LogP contribution < -0.4 is 10.5 Å². The van der Waals surface area contributed by atoms with Crippen LogP contribution in [-0.4, -0.2) is 40.4 Å². The van der Waals surface area contributed by atoms with Gasteiger partial charge in [-0.05, 0) is 6.92 Å². The molecule has 0 spiro atoms. The first-order chi connectivity index (χ1) is 11.2. The van der Waals surface area contributed by atoms with E-state index in [9.17, 15) is 4.79 Å². The number of hydrogen-bond acceptors (Lipinski definition) is 6. The van der Waals surface area contributed by atoms with Gasteiger partial charge in [0.2, 0.25) is 10.1 Å². The molecule has 0 N–H and O–H groups in total. The van der Waals surface area contributed by atoms with E-state index in [-0.39, 0.29) is 11.7 Å². The van der Waals surface area contributed by atoms with Crippen molar-refractivity contribution in [1.29, 1.82) is 0 Å². The molecule has 0 amide bonds. The van der Waals surface area contributed by atoms with Gasteiger partial charge in [-0.3, -0.25) is 4.79 Å². The lowest BCUT2D eigenvalue weighted by atomic mass is 10.1. The standard InChI is InChI=1S/C16H16N4O2S/c1-11-10-19(7-8-22-11)16-18-20-14(21)9-13(17-15(20)23-16)12-5-3-2-4-6-12/h2-6,9,11H,7-8,10H2,1H3. The minimum atomic E-state index is -0.155. The monoisotopic (exact) mass is 328 g/mol. The predicted molar refractivity (Wildman–Crippen MR) is 90.2 cm³/mol. The van der Waals surface area contributed by atoms with Crippen molar-refractivity contribution in [2.45, 2.75) is 13.0 Å². The van der Waals surface area contributed by atoms with Gasteiger partial charge in [-0.25, -0.2) is 4.98 Å². The van der Waals surface area contributed by atoms with E-state index in [2.05, 4.69) is 15.0 Å². The summed E-state index contributed by atoms with van der Waals surface area (Å²) in [6.07, 6.45) is 0.167. The van der Waals surface area contributed by atoms with Crippen LogP contribution in [0.5, 0.6) is 0 Å². The molecular formula is C16H16N4O2S. The molecule has 1 saturated heterocycles. The van der Waals surface area contributed by atoms with Crippen molar-refractivity contribution in [3.05, 3.63) is 46.8 Å². The number of hydrogen-bond donors (Lipinski definition) is 0. The van der Waals surface area contributed by atoms with E-state index in [0.29, 0.717) is 17.3 Å². The molecule has 2 aromatic heterocycles. The van der Waals surface area contributed by atoms with E-state index >= 15 is 0 Å². The molecule has 23 heavy (non-hydrogen) atoms. The van der Waals surface area contributed by atoms with E-state index in [0.717, 1.165) is 23.8 Å². The summed E-state index contributed by atoms with van der Waals surface area (Å²) in [4.78, 5) is 19.7. The Kier molecular flexibility index (Phi) is 3.59. The summed E-state index contributed by atoms with van der Waals surface area (Å²) in [6, 6.07) is 11.2. The summed E-state index contributed by atoms with van der Waals surface area (Å²) >= 11 is 1.44. The van der Waals surface area contributed by atoms with Gasteiger partial charge in [0.25, 0.3) is 5.56 Å². The van der Waals surface area contributed by atoms with Crippen LogP contribution in [0.4, 0.5) is 5.13 Å². The van der Waals surface area contributed by atoms with Crippen LogP contribution in [0.25, 0.3) is 16.2 Å². The van der Waals surface area contributed by atoms with Crippen molar-refractivity contribution in [3.8, 4) is 11.3 Å². The van der Waals surface area contributed by atoms with Gasteiger partial charge in [0, 0.05) is 24.7 Å². The third-order valence-electron chi connectivity index (χ3n) is 3.82. The molecule has 7 heteroatoms. The van der Waals surface area contributed by atoms with Gasteiger partial charge < -0.3 is 9.64 Å². The zero-order chi connectivity index (χ0) is 15.8. The maximum absolute atomic E-state index is 12.4. The van der Waals surface area contributed by atoms with Crippen molar-refractivity contribution in [2.75, 3.05) is 24.6 Å². The van der Waals surface area contributed by atoms with Crippen LogP contribution in [0.2, 0.25) is 0 Å². The third kappa shape index (κ3) is 2.73. The molecule has 3 aromatic rings. The van der Waals surface area contributed by atoms with Gasteiger partial charge in [0.15, 0.2) is 0 Å². The first-order valence-electron chi connectivity index (χ1n) is 7.53. The fourth-order valence-electron chi connectivity index (χ4n) is 2.68. The fourth-order valence-corrected chi connectivity index (χ4v) is 3.62. The zero-order valence-electron chi connectivity index (χ0n) is 12.7. The van der Waals surface area contributed by atoms with Crippen molar-refractivity contribution < 1.29 is 4.74 Å². The first-order valence-corrected chi connectivity index (χ1v) is 8.35. The van der Waals surface area contributed by atoms with Gasteiger partial charge in [-0.2, -0.15) is 4.52 Å². The molecule has 1 aliphatic heterocycles. The van der Waals surface area contributed by atoms with Gasteiger partial charge >= 0.3 is 0 Å². The quantitative estimate of drug-likeness (QED) is 0.720. The van der Waals surface area contributed by atoms with E-state index in [1.165, 1.54) is 21.9 Å². The van der Waals surface area contributed by atoms with Crippen LogP contribution >= 0.6 is 11.3 Å². The second-order valence-corrected chi connectivity index (χ2v) is 6.49. The summed E-state index contributed by atoms with van der Waals surface area (Å²) in [5.74, 6) is 0. The highest BCUT2D eigenvalue weighted by atomic mass is 32.1. The van der Waals surface area contributed by atoms with Crippen molar-refractivity contribution >= 4 is 21.4 Å². The number of fused-ring (bicyclic) bond motifs is 1.